The maximum atomic E-state index is 6.09. The van der Waals surface area contributed by atoms with Crippen molar-refractivity contribution in [1.29, 1.82) is 0 Å². The molecule has 0 saturated carbocycles. The van der Waals surface area contributed by atoms with Crippen LogP contribution >= 0.6 is 11.8 Å². The van der Waals surface area contributed by atoms with Gasteiger partial charge < -0.3 is 5.73 Å². The number of rotatable bonds is 5. The van der Waals surface area contributed by atoms with Crippen LogP contribution in [0.25, 0.3) is 0 Å². The first-order valence-corrected chi connectivity index (χ1v) is 7.77. The van der Waals surface area contributed by atoms with Gasteiger partial charge in [-0.25, -0.2) is 0 Å². The molecular weight excluding hydrogens is 230 g/mol. The van der Waals surface area contributed by atoms with Crippen LogP contribution in [0.3, 0.4) is 0 Å². The third kappa shape index (κ3) is 3.05. The van der Waals surface area contributed by atoms with Crippen LogP contribution in [-0.2, 0) is 6.42 Å². The highest BCUT2D eigenvalue weighted by atomic mass is 32.2. The van der Waals surface area contributed by atoms with E-state index in [2.05, 4.69) is 30.8 Å². The summed E-state index contributed by atoms with van der Waals surface area (Å²) in [6, 6.07) is 3.07. The van der Waals surface area contributed by atoms with Gasteiger partial charge in [-0.05, 0) is 37.0 Å². The minimum absolute atomic E-state index is 0.360. The van der Waals surface area contributed by atoms with Crippen molar-refractivity contribution in [3.63, 3.8) is 0 Å². The Labute approximate surface area is 108 Å². The zero-order valence-corrected chi connectivity index (χ0v) is 11.6. The quantitative estimate of drug-likeness (QED) is 0.876. The lowest BCUT2D eigenvalue weighted by Crippen LogP contribution is -2.29. The van der Waals surface area contributed by atoms with Crippen LogP contribution in [0.1, 0.15) is 38.4 Å². The van der Waals surface area contributed by atoms with Crippen LogP contribution in [0.2, 0.25) is 0 Å². The molecule has 1 aliphatic heterocycles. The molecule has 2 heterocycles. The van der Waals surface area contributed by atoms with Crippen molar-refractivity contribution in [2.75, 3.05) is 11.5 Å². The first-order chi connectivity index (χ1) is 8.24. The van der Waals surface area contributed by atoms with Crippen LogP contribution < -0.4 is 5.73 Å². The SMILES string of the molecule is CCC(CC)n1ccc(CC2CSCC2N)n1. The fourth-order valence-electron chi connectivity index (χ4n) is 2.45. The summed E-state index contributed by atoms with van der Waals surface area (Å²) >= 11 is 1.97. The Hall–Kier alpha value is -0.480. The van der Waals surface area contributed by atoms with Gasteiger partial charge in [0.15, 0.2) is 0 Å². The minimum atomic E-state index is 0.360. The van der Waals surface area contributed by atoms with E-state index in [1.165, 1.54) is 11.4 Å². The summed E-state index contributed by atoms with van der Waals surface area (Å²) in [5.41, 5.74) is 7.30. The van der Waals surface area contributed by atoms with Gasteiger partial charge in [-0.15, -0.1) is 0 Å². The summed E-state index contributed by atoms with van der Waals surface area (Å²) < 4.78 is 2.13. The maximum Gasteiger partial charge on any atom is 0.0628 e. The van der Waals surface area contributed by atoms with Crippen molar-refractivity contribution in [1.82, 2.24) is 9.78 Å². The van der Waals surface area contributed by atoms with E-state index in [-0.39, 0.29) is 0 Å². The standard InChI is InChI=1S/C13H23N3S/c1-3-12(4-2)16-6-5-11(15-16)7-10-8-17-9-13(10)14/h5-6,10,12-13H,3-4,7-9,14H2,1-2H3. The molecule has 2 rings (SSSR count). The first kappa shape index (κ1) is 13.0. The summed E-state index contributed by atoms with van der Waals surface area (Å²) in [5.74, 6) is 2.92. The predicted octanol–water partition coefficient (Wildman–Crippen LogP) is 2.48. The van der Waals surface area contributed by atoms with Gasteiger partial charge in [0, 0.05) is 18.0 Å². The molecule has 0 bridgehead atoms. The largest absolute Gasteiger partial charge is 0.327 e. The topological polar surface area (TPSA) is 43.8 Å². The second kappa shape index (κ2) is 5.91. The second-order valence-electron chi connectivity index (χ2n) is 4.92. The van der Waals surface area contributed by atoms with Crippen molar-refractivity contribution in [3.8, 4) is 0 Å². The first-order valence-electron chi connectivity index (χ1n) is 6.62. The predicted molar refractivity (Wildman–Crippen MR) is 74.3 cm³/mol. The zero-order valence-electron chi connectivity index (χ0n) is 10.8. The summed E-state index contributed by atoms with van der Waals surface area (Å²) in [7, 11) is 0. The van der Waals surface area contributed by atoms with Crippen LogP contribution in [0.15, 0.2) is 12.3 Å². The maximum absolute atomic E-state index is 6.09. The Morgan fingerprint density at radius 3 is 2.82 bits per heavy atom. The Bertz CT molecular complexity index is 346. The Morgan fingerprint density at radius 1 is 1.47 bits per heavy atom. The average Bonchev–Trinajstić information content (AvgIpc) is 2.92. The van der Waals surface area contributed by atoms with E-state index in [9.17, 15) is 0 Å². The van der Waals surface area contributed by atoms with E-state index < -0.39 is 0 Å². The molecule has 1 fully saturated rings. The summed E-state index contributed by atoms with van der Waals surface area (Å²) in [5, 5.41) is 4.70. The summed E-state index contributed by atoms with van der Waals surface area (Å²) in [4.78, 5) is 0. The number of nitrogens with two attached hydrogens (primary N) is 1. The Kier molecular flexibility index (Phi) is 4.51. The lowest BCUT2D eigenvalue weighted by Gasteiger charge is -2.14. The summed E-state index contributed by atoms with van der Waals surface area (Å²) in [6.45, 7) is 4.44. The van der Waals surface area contributed by atoms with Gasteiger partial charge in [0.2, 0.25) is 0 Å². The van der Waals surface area contributed by atoms with Crippen molar-refractivity contribution >= 4 is 11.8 Å². The smallest absolute Gasteiger partial charge is 0.0628 e. The number of hydrogen-bond acceptors (Lipinski definition) is 3. The van der Waals surface area contributed by atoms with Crippen molar-refractivity contribution in [2.24, 2.45) is 11.7 Å². The molecule has 1 aliphatic rings. The highest BCUT2D eigenvalue weighted by Gasteiger charge is 2.25. The van der Waals surface area contributed by atoms with E-state index in [0.717, 1.165) is 25.0 Å². The molecule has 96 valence electrons. The van der Waals surface area contributed by atoms with Gasteiger partial charge in [-0.2, -0.15) is 16.9 Å². The van der Waals surface area contributed by atoms with Gasteiger partial charge in [0.05, 0.1) is 11.7 Å². The number of aromatic nitrogens is 2. The highest BCUT2D eigenvalue weighted by Crippen LogP contribution is 2.26. The van der Waals surface area contributed by atoms with Crippen LogP contribution in [0.5, 0.6) is 0 Å². The number of nitrogens with zero attached hydrogens (tertiary/aromatic N) is 2. The molecule has 2 N–H and O–H groups in total. The van der Waals surface area contributed by atoms with Crippen LogP contribution in [0, 0.1) is 5.92 Å². The van der Waals surface area contributed by atoms with Gasteiger partial charge in [-0.1, -0.05) is 13.8 Å². The molecule has 1 aromatic rings. The normalized spacial score (nSPS) is 24.7. The van der Waals surface area contributed by atoms with E-state index in [0.29, 0.717) is 18.0 Å². The van der Waals surface area contributed by atoms with Crippen molar-refractivity contribution in [2.45, 2.75) is 45.2 Å². The number of thioether (sulfide) groups is 1. The van der Waals surface area contributed by atoms with Gasteiger partial charge in [0.25, 0.3) is 0 Å². The number of hydrogen-bond donors (Lipinski definition) is 1. The van der Waals surface area contributed by atoms with Gasteiger partial charge >= 0.3 is 0 Å². The molecule has 0 spiro atoms. The second-order valence-corrected chi connectivity index (χ2v) is 6.00. The fraction of sp³-hybridized carbons (Fsp3) is 0.769. The van der Waals surface area contributed by atoms with Crippen LogP contribution in [-0.4, -0.2) is 27.3 Å². The molecule has 2 unspecified atom stereocenters. The molecule has 0 radical (unpaired) electrons. The van der Waals surface area contributed by atoms with E-state index >= 15 is 0 Å². The van der Waals surface area contributed by atoms with Gasteiger partial charge in [0.1, 0.15) is 0 Å². The molecule has 2 atom stereocenters. The lowest BCUT2D eigenvalue weighted by atomic mass is 9.99. The average molecular weight is 253 g/mol. The summed E-state index contributed by atoms with van der Waals surface area (Å²) in [6.07, 6.45) is 5.47. The van der Waals surface area contributed by atoms with Crippen molar-refractivity contribution < 1.29 is 0 Å². The molecule has 0 amide bonds. The van der Waals surface area contributed by atoms with E-state index in [4.69, 9.17) is 10.8 Å². The zero-order chi connectivity index (χ0) is 12.3. The monoisotopic (exact) mass is 253 g/mol. The van der Waals surface area contributed by atoms with Crippen molar-refractivity contribution in [3.05, 3.63) is 18.0 Å². The van der Waals surface area contributed by atoms with Gasteiger partial charge in [-0.3, -0.25) is 4.68 Å². The third-order valence-electron chi connectivity index (χ3n) is 3.70. The molecule has 1 aromatic heterocycles. The molecule has 0 aromatic carbocycles. The lowest BCUT2D eigenvalue weighted by molar-refractivity contribution is 0.420. The Morgan fingerprint density at radius 2 is 2.24 bits per heavy atom. The molecule has 1 saturated heterocycles. The highest BCUT2D eigenvalue weighted by molar-refractivity contribution is 7.99. The third-order valence-corrected chi connectivity index (χ3v) is 4.98. The molecule has 0 aliphatic carbocycles. The van der Waals surface area contributed by atoms with E-state index in [1.54, 1.807) is 0 Å². The fourth-order valence-corrected chi connectivity index (χ4v) is 3.79. The molecule has 17 heavy (non-hydrogen) atoms. The van der Waals surface area contributed by atoms with Crippen LogP contribution in [0.4, 0.5) is 0 Å². The molecular formula is C13H23N3S. The van der Waals surface area contributed by atoms with E-state index in [1.807, 2.05) is 11.8 Å². The molecule has 3 nitrogen and oxygen atoms in total. The minimum Gasteiger partial charge on any atom is -0.327 e. The molecule has 4 heteroatoms. The Balaban J connectivity index is 1.98.